The SMILES string of the molecule is CCOc1cccc(OCCC2Cc3nn(-c4ccc(C)cn4)c(NC(=O)CSC)c3C(=O)N2)c1. The maximum absolute atomic E-state index is 13.1. The van der Waals surface area contributed by atoms with Crippen molar-refractivity contribution in [2.75, 3.05) is 30.5 Å². The first-order chi connectivity index (χ1) is 17.0. The fourth-order valence-corrected chi connectivity index (χ4v) is 4.20. The molecule has 0 saturated carbocycles. The van der Waals surface area contributed by atoms with Gasteiger partial charge in [0.1, 0.15) is 17.1 Å². The van der Waals surface area contributed by atoms with E-state index in [9.17, 15) is 9.59 Å². The highest BCUT2D eigenvalue weighted by Gasteiger charge is 2.33. The first-order valence-corrected chi connectivity index (χ1v) is 12.9. The molecule has 10 heteroatoms. The molecule has 3 aromatic rings. The van der Waals surface area contributed by atoms with E-state index in [4.69, 9.17) is 9.47 Å². The lowest BCUT2D eigenvalue weighted by atomic mass is 9.99. The zero-order valence-corrected chi connectivity index (χ0v) is 20.9. The number of nitrogens with zero attached hydrogens (tertiary/aromatic N) is 3. The number of nitrogens with one attached hydrogen (secondary N) is 2. The molecule has 184 valence electrons. The Morgan fingerprint density at radius 2 is 2.06 bits per heavy atom. The van der Waals surface area contributed by atoms with Crippen LogP contribution in [0.1, 0.15) is 35.0 Å². The molecule has 2 amide bonds. The molecule has 0 radical (unpaired) electrons. The van der Waals surface area contributed by atoms with Crippen molar-refractivity contribution >= 4 is 29.4 Å². The van der Waals surface area contributed by atoms with E-state index in [-0.39, 0.29) is 23.6 Å². The van der Waals surface area contributed by atoms with E-state index < -0.39 is 0 Å². The van der Waals surface area contributed by atoms with Crippen LogP contribution in [0, 0.1) is 6.92 Å². The number of thioether (sulfide) groups is 1. The first kappa shape index (κ1) is 24.6. The van der Waals surface area contributed by atoms with Gasteiger partial charge in [0.15, 0.2) is 11.6 Å². The molecule has 1 aromatic carbocycles. The van der Waals surface area contributed by atoms with E-state index in [2.05, 4.69) is 20.7 Å². The number of carbonyl (C=O) groups is 2. The molecular formula is C25H29N5O4S. The number of aryl methyl sites for hydroxylation is 1. The van der Waals surface area contributed by atoms with Crippen LogP contribution in [0.4, 0.5) is 5.82 Å². The van der Waals surface area contributed by atoms with Gasteiger partial charge in [-0.15, -0.1) is 0 Å². The normalized spacial score (nSPS) is 14.7. The van der Waals surface area contributed by atoms with Crippen LogP contribution in [0.2, 0.25) is 0 Å². The lowest BCUT2D eigenvalue weighted by Crippen LogP contribution is -2.42. The minimum atomic E-state index is -0.271. The molecule has 1 unspecified atom stereocenters. The Morgan fingerprint density at radius 1 is 1.26 bits per heavy atom. The van der Waals surface area contributed by atoms with Crippen LogP contribution in [0.15, 0.2) is 42.6 Å². The summed E-state index contributed by atoms with van der Waals surface area (Å²) in [6, 6.07) is 11.1. The van der Waals surface area contributed by atoms with Crippen molar-refractivity contribution in [3.05, 3.63) is 59.4 Å². The molecule has 35 heavy (non-hydrogen) atoms. The third-order valence-corrected chi connectivity index (χ3v) is 6.01. The summed E-state index contributed by atoms with van der Waals surface area (Å²) >= 11 is 1.40. The summed E-state index contributed by atoms with van der Waals surface area (Å²) in [5, 5.41) is 10.6. The largest absolute Gasteiger partial charge is 0.494 e. The first-order valence-electron chi connectivity index (χ1n) is 11.5. The minimum Gasteiger partial charge on any atom is -0.494 e. The summed E-state index contributed by atoms with van der Waals surface area (Å²) in [4.78, 5) is 29.9. The number of aromatic nitrogens is 3. The standard InChI is InChI=1S/C25H29N5O4S/c1-4-33-18-6-5-7-19(13-18)34-11-10-17-12-20-23(25(32)27-17)24(28-22(31)15-35-3)30(29-20)21-9-8-16(2)14-26-21/h5-9,13-14,17H,4,10-12,15H2,1-3H3,(H,27,32)(H,28,31). The average Bonchev–Trinajstić information content (AvgIpc) is 3.19. The Balaban J connectivity index is 1.51. The van der Waals surface area contributed by atoms with E-state index >= 15 is 0 Å². The van der Waals surface area contributed by atoms with Crippen LogP contribution >= 0.6 is 11.8 Å². The van der Waals surface area contributed by atoms with E-state index in [1.165, 1.54) is 11.8 Å². The molecule has 0 aliphatic carbocycles. The van der Waals surface area contributed by atoms with Gasteiger partial charge < -0.3 is 20.1 Å². The summed E-state index contributed by atoms with van der Waals surface area (Å²) in [5.41, 5.74) is 2.01. The number of benzene rings is 1. The molecule has 1 aliphatic rings. The summed E-state index contributed by atoms with van der Waals surface area (Å²) < 4.78 is 12.9. The van der Waals surface area contributed by atoms with Gasteiger partial charge in [-0.25, -0.2) is 4.98 Å². The number of hydrogen-bond donors (Lipinski definition) is 2. The van der Waals surface area contributed by atoms with Gasteiger partial charge >= 0.3 is 0 Å². The van der Waals surface area contributed by atoms with Crippen LogP contribution in [0.3, 0.4) is 0 Å². The predicted octanol–water partition coefficient (Wildman–Crippen LogP) is 3.40. The second kappa shape index (κ2) is 11.3. The monoisotopic (exact) mass is 495 g/mol. The molecule has 1 aliphatic heterocycles. The molecule has 3 heterocycles. The summed E-state index contributed by atoms with van der Waals surface area (Å²) in [6.45, 7) is 4.89. The van der Waals surface area contributed by atoms with Crippen molar-refractivity contribution < 1.29 is 19.1 Å². The predicted molar refractivity (Wildman–Crippen MR) is 136 cm³/mol. The number of fused-ring (bicyclic) bond motifs is 1. The smallest absolute Gasteiger partial charge is 0.257 e. The van der Waals surface area contributed by atoms with Gasteiger partial charge in [0.05, 0.1) is 24.7 Å². The molecule has 9 nitrogen and oxygen atoms in total. The number of anilines is 1. The molecule has 1 atom stereocenters. The highest BCUT2D eigenvalue weighted by atomic mass is 32.2. The molecule has 4 rings (SSSR count). The minimum absolute atomic E-state index is 0.144. The van der Waals surface area contributed by atoms with E-state index in [1.807, 2.05) is 56.5 Å². The zero-order valence-electron chi connectivity index (χ0n) is 20.0. The van der Waals surface area contributed by atoms with Gasteiger partial charge in [0.25, 0.3) is 5.91 Å². The van der Waals surface area contributed by atoms with Crippen LogP contribution in [-0.4, -0.2) is 57.8 Å². The van der Waals surface area contributed by atoms with Crippen LogP contribution in [-0.2, 0) is 11.2 Å². The molecule has 0 saturated heterocycles. The van der Waals surface area contributed by atoms with E-state index in [0.717, 1.165) is 11.3 Å². The topological polar surface area (TPSA) is 107 Å². The fraction of sp³-hybridized carbons (Fsp3) is 0.360. The number of ether oxygens (including phenoxy) is 2. The van der Waals surface area contributed by atoms with E-state index in [0.29, 0.717) is 54.7 Å². The molecular weight excluding hydrogens is 466 g/mol. The summed E-state index contributed by atoms with van der Waals surface area (Å²) in [6.07, 6.45) is 4.70. The quantitative estimate of drug-likeness (QED) is 0.444. The summed E-state index contributed by atoms with van der Waals surface area (Å²) in [7, 11) is 0. The number of amides is 2. The van der Waals surface area contributed by atoms with Gasteiger partial charge in [-0.3, -0.25) is 9.59 Å². The van der Waals surface area contributed by atoms with Gasteiger partial charge in [-0.2, -0.15) is 21.5 Å². The van der Waals surface area contributed by atoms with Crippen molar-refractivity contribution in [2.45, 2.75) is 32.7 Å². The lowest BCUT2D eigenvalue weighted by molar-refractivity contribution is -0.113. The zero-order chi connectivity index (χ0) is 24.8. The summed E-state index contributed by atoms with van der Waals surface area (Å²) in [5.74, 6) is 2.15. The maximum Gasteiger partial charge on any atom is 0.257 e. The maximum atomic E-state index is 13.1. The molecule has 2 N–H and O–H groups in total. The van der Waals surface area contributed by atoms with E-state index in [1.54, 1.807) is 10.9 Å². The fourth-order valence-electron chi connectivity index (χ4n) is 3.87. The van der Waals surface area contributed by atoms with Gasteiger partial charge in [0.2, 0.25) is 5.91 Å². The molecule has 2 aromatic heterocycles. The lowest BCUT2D eigenvalue weighted by Gasteiger charge is -2.23. The molecule has 0 spiro atoms. The van der Waals surface area contributed by atoms with Crippen molar-refractivity contribution in [3.8, 4) is 17.3 Å². The van der Waals surface area contributed by atoms with Crippen molar-refractivity contribution in [1.29, 1.82) is 0 Å². The molecule has 0 bridgehead atoms. The Morgan fingerprint density at radius 3 is 2.77 bits per heavy atom. The van der Waals surface area contributed by atoms with Crippen LogP contribution in [0.25, 0.3) is 5.82 Å². The third kappa shape index (κ3) is 5.94. The van der Waals surface area contributed by atoms with Crippen molar-refractivity contribution in [3.63, 3.8) is 0 Å². The van der Waals surface area contributed by atoms with Gasteiger partial charge in [-0.05, 0) is 43.9 Å². The van der Waals surface area contributed by atoms with Crippen molar-refractivity contribution in [2.24, 2.45) is 0 Å². The van der Waals surface area contributed by atoms with Crippen LogP contribution in [0.5, 0.6) is 11.5 Å². The number of pyridine rings is 1. The van der Waals surface area contributed by atoms with Crippen molar-refractivity contribution in [1.82, 2.24) is 20.1 Å². The third-order valence-electron chi connectivity index (χ3n) is 5.46. The Bertz CT molecular complexity index is 1200. The second-order valence-electron chi connectivity index (χ2n) is 8.18. The number of carbonyl (C=O) groups excluding carboxylic acids is 2. The highest BCUT2D eigenvalue weighted by molar-refractivity contribution is 7.99. The Hall–Kier alpha value is -3.53. The van der Waals surface area contributed by atoms with Gasteiger partial charge in [-0.1, -0.05) is 12.1 Å². The molecule has 0 fully saturated rings. The number of hydrogen-bond acceptors (Lipinski definition) is 7. The van der Waals surface area contributed by atoms with Gasteiger partial charge in [0, 0.05) is 31.1 Å². The van der Waals surface area contributed by atoms with Crippen LogP contribution < -0.4 is 20.1 Å². The average molecular weight is 496 g/mol. The number of rotatable bonds is 10. The highest BCUT2D eigenvalue weighted by Crippen LogP contribution is 2.28. The Labute approximate surface area is 208 Å². The second-order valence-corrected chi connectivity index (χ2v) is 9.04. The Kier molecular flexibility index (Phi) is 7.91.